The van der Waals surface area contributed by atoms with Crippen molar-refractivity contribution in [2.45, 2.75) is 13.3 Å². The zero-order valence-corrected chi connectivity index (χ0v) is 7.51. The Kier molecular flexibility index (Phi) is 4.61. The number of nitrogens with two attached hydrogens (primary N) is 2. The third kappa shape index (κ3) is 5.35. The summed E-state index contributed by atoms with van der Waals surface area (Å²) in [6, 6.07) is 0. The number of hydrogen-bond acceptors (Lipinski definition) is 2. The van der Waals surface area contributed by atoms with Crippen molar-refractivity contribution < 1.29 is 0 Å². The van der Waals surface area contributed by atoms with E-state index in [1.54, 1.807) is 12.2 Å². The smallest absolute Gasteiger partial charge is 0.0313 e. The van der Waals surface area contributed by atoms with E-state index in [-0.39, 0.29) is 0 Å². The Balaban J connectivity index is 4.24. The Morgan fingerprint density at radius 1 is 1.42 bits per heavy atom. The zero-order chi connectivity index (χ0) is 9.56. The second kappa shape index (κ2) is 5.24. The van der Waals surface area contributed by atoms with Gasteiger partial charge >= 0.3 is 0 Å². The first-order chi connectivity index (χ1) is 5.56. The van der Waals surface area contributed by atoms with Gasteiger partial charge in [-0.25, -0.2) is 0 Å². The molecule has 66 valence electrons. The molecule has 0 aliphatic carbocycles. The lowest BCUT2D eigenvalue weighted by atomic mass is 10.1. The van der Waals surface area contributed by atoms with Gasteiger partial charge in [0.25, 0.3) is 0 Å². The van der Waals surface area contributed by atoms with Crippen LogP contribution in [-0.2, 0) is 0 Å². The molecule has 0 saturated carbocycles. The van der Waals surface area contributed by atoms with Gasteiger partial charge in [-0.15, -0.1) is 0 Å². The topological polar surface area (TPSA) is 52.0 Å². The van der Waals surface area contributed by atoms with Crippen LogP contribution in [-0.4, -0.2) is 0 Å². The van der Waals surface area contributed by atoms with Crippen LogP contribution in [0.1, 0.15) is 13.3 Å². The summed E-state index contributed by atoms with van der Waals surface area (Å²) < 4.78 is 0. The van der Waals surface area contributed by atoms with E-state index < -0.39 is 0 Å². The molecule has 0 fully saturated rings. The zero-order valence-electron chi connectivity index (χ0n) is 7.51. The Hall–Kier alpha value is -1.44. The number of allylic oxidation sites excluding steroid dienone is 4. The number of hydrogen-bond donors (Lipinski definition) is 2. The van der Waals surface area contributed by atoms with E-state index in [4.69, 9.17) is 11.5 Å². The summed E-state index contributed by atoms with van der Waals surface area (Å²) >= 11 is 0. The molecule has 0 aromatic rings. The Labute approximate surface area is 73.9 Å². The van der Waals surface area contributed by atoms with Gasteiger partial charge in [0, 0.05) is 17.8 Å². The van der Waals surface area contributed by atoms with Crippen molar-refractivity contribution in [3.63, 3.8) is 0 Å². The molecule has 0 saturated heterocycles. The minimum atomic E-state index is 0.648. The molecular weight excluding hydrogens is 148 g/mol. The molecule has 0 rings (SSSR count). The first-order valence-electron chi connectivity index (χ1n) is 3.75. The minimum Gasteiger partial charge on any atom is -0.402 e. The van der Waals surface area contributed by atoms with E-state index in [0.717, 1.165) is 5.57 Å². The first-order valence-corrected chi connectivity index (χ1v) is 3.75. The van der Waals surface area contributed by atoms with Crippen molar-refractivity contribution in [1.82, 2.24) is 0 Å². The van der Waals surface area contributed by atoms with E-state index in [0.29, 0.717) is 17.8 Å². The van der Waals surface area contributed by atoms with Crippen LogP contribution in [0.5, 0.6) is 0 Å². The van der Waals surface area contributed by atoms with Gasteiger partial charge in [0.05, 0.1) is 0 Å². The molecule has 0 radical (unpaired) electrons. The van der Waals surface area contributed by atoms with Gasteiger partial charge in [0.15, 0.2) is 0 Å². The highest BCUT2D eigenvalue weighted by Crippen LogP contribution is 2.05. The van der Waals surface area contributed by atoms with Crippen LogP contribution in [0.3, 0.4) is 0 Å². The highest BCUT2D eigenvalue weighted by atomic mass is 14.6. The van der Waals surface area contributed by atoms with Crippen LogP contribution in [0.2, 0.25) is 0 Å². The molecule has 2 nitrogen and oxygen atoms in total. The minimum absolute atomic E-state index is 0.648. The molecule has 0 unspecified atom stereocenters. The normalized spacial score (nSPS) is 12.8. The monoisotopic (exact) mass is 164 g/mol. The van der Waals surface area contributed by atoms with Gasteiger partial charge in [0.2, 0.25) is 0 Å². The maximum Gasteiger partial charge on any atom is 0.0313 e. The van der Waals surface area contributed by atoms with Crippen LogP contribution >= 0.6 is 0 Å². The van der Waals surface area contributed by atoms with Gasteiger partial charge in [-0.1, -0.05) is 24.8 Å². The van der Waals surface area contributed by atoms with E-state index in [1.807, 2.05) is 13.0 Å². The maximum absolute atomic E-state index is 5.60. The molecule has 2 heteroatoms. The molecule has 0 aliphatic heterocycles. The first kappa shape index (κ1) is 10.6. The van der Waals surface area contributed by atoms with Gasteiger partial charge in [0.1, 0.15) is 0 Å². The molecule has 4 N–H and O–H groups in total. The standard InChI is InChI=1S/C10H16N2/c1-4-5-10(12)7-8(2)6-9(3)11/h4-5,7H,1,3,6,11-12H2,2H3/b8-7+,10-5+. The molecule has 0 bridgehead atoms. The van der Waals surface area contributed by atoms with E-state index in [9.17, 15) is 0 Å². The Morgan fingerprint density at radius 3 is 2.42 bits per heavy atom. The third-order valence-electron chi connectivity index (χ3n) is 1.23. The van der Waals surface area contributed by atoms with Crippen molar-refractivity contribution >= 4 is 0 Å². The molecule has 12 heavy (non-hydrogen) atoms. The SMILES string of the molecule is C=C/C=C(N)\C=C(/C)CC(=C)N. The quantitative estimate of drug-likeness (QED) is 0.623. The van der Waals surface area contributed by atoms with E-state index in [1.165, 1.54) is 0 Å². The molecular formula is C10H16N2. The average Bonchev–Trinajstić information content (AvgIpc) is 1.84. The van der Waals surface area contributed by atoms with Crippen molar-refractivity contribution in [2.75, 3.05) is 0 Å². The molecule has 0 heterocycles. The van der Waals surface area contributed by atoms with Gasteiger partial charge in [-0.05, 0) is 19.1 Å². The van der Waals surface area contributed by atoms with Gasteiger partial charge in [-0.3, -0.25) is 0 Å². The van der Waals surface area contributed by atoms with Crippen molar-refractivity contribution in [3.05, 3.63) is 48.4 Å². The second-order valence-electron chi connectivity index (χ2n) is 2.73. The highest BCUT2D eigenvalue weighted by molar-refractivity contribution is 5.24. The lowest BCUT2D eigenvalue weighted by Gasteiger charge is -1.99. The summed E-state index contributed by atoms with van der Waals surface area (Å²) in [4.78, 5) is 0. The third-order valence-corrected chi connectivity index (χ3v) is 1.23. The molecule has 0 aliphatic rings. The van der Waals surface area contributed by atoms with Gasteiger partial charge in [-0.2, -0.15) is 0 Å². The van der Waals surface area contributed by atoms with Gasteiger partial charge < -0.3 is 11.5 Å². The van der Waals surface area contributed by atoms with Crippen molar-refractivity contribution in [1.29, 1.82) is 0 Å². The fourth-order valence-electron chi connectivity index (χ4n) is 0.878. The molecule has 0 amide bonds. The van der Waals surface area contributed by atoms with Crippen LogP contribution < -0.4 is 11.5 Å². The lowest BCUT2D eigenvalue weighted by Crippen LogP contribution is -1.97. The summed E-state index contributed by atoms with van der Waals surface area (Å²) in [5.41, 5.74) is 13.5. The maximum atomic E-state index is 5.60. The largest absolute Gasteiger partial charge is 0.402 e. The van der Waals surface area contributed by atoms with E-state index in [2.05, 4.69) is 13.2 Å². The summed E-state index contributed by atoms with van der Waals surface area (Å²) in [5, 5.41) is 0. The average molecular weight is 164 g/mol. The van der Waals surface area contributed by atoms with E-state index >= 15 is 0 Å². The molecule has 0 aromatic heterocycles. The van der Waals surface area contributed by atoms with Crippen molar-refractivity contribution in [3.8, 4) is 0 Å². The summed E-state index contributed by atoms with van der Waals surface area (Å²) in [5.74, 6) is 0. The predicted molar refractivity (Wildman–Crippen MR) is 54.2 cm³/mol. The highest BCUT2D eigenvalue weighted by Gasteiger charge is 1.90. The fourth-order valence-corrected chi connectivity index (χ4v) is 0.878. The second-order valence-corrected chi connectivity index (χ2v) is 2.73. The van der Waals surface area contributed by atoms with Crippen LogP contribution in [0, 0.1) is 0 Å². The Bertz CT molecular complexity index is 234. The lowest BCUT2D eigenvalue weighted by molar-refractivity contribution is 1.08. The summed E-state index contributed by atoms with van der Waals surface area (Å²) in [7, 11) is 0. The van der Waals surface area contributed by atoms with Crippen LogP contribution in [0.25, 0.3) is 0 Å². The Morgan fingerprint density at radius 2 is 2.00 bits per heavy atom. The summed E-state index contributed by atoms with van der Waals surface area (Å²) in [6.45, 7) is 9.11. The molecule has 0 atom stereocenters. The molecule has 0 aromatic carbocycles. The van der Waals surface area contributed by atoms with Crippen LogP contribution in [0.4, 0.5) is 0 Å². The van der Waals surface area contributed by atoms with Crippen LogP contribution in [0.15, 0.2) is 48.4 Å². The molecule has 0 spiro atoms. The summed E-state index contributed by atoms with van der Waals surface area (Å²) in [6.07, 6.45) is 5.94. The number of rotatable bonds is 4. The van der Waals surface area contributed by atoms with Crippen molar-refractivity contribution in [2.24, 2.45) is 11.5 Å². The predicted octanol–water partition coefficient (Wildman–Crippen LogP) is 1.82. The fraction of sp³-hybridized carbons (Fsp3) is 0.200.